The number of rotatable bonds is 5. The Morgan fingerprint density at radius 1 is 1.36 bits per heavy atom. The summed E-state index contributed by atoms with van der Waals surface area (Å²) < 4.78 is 10.3. The molecule has 1 N–H and O–H groups in total. The Balaban J connectivity index is 1.57. The molecule has 0 spiro atoms. The molecule has 3 heterocycles. The normalized spacial score (nSPS) is 21.3. The van der Waals surface area contributed by atoms with Gasteiger partial charge in [0.1, 0.15) is 12.3 Å². The number of carbonyl (C=O) groups is 1. The van der Waals surface area contributed by atoms with E-state index >= 15 is 0 Å². The maximum atomic E-state index is 13.1. The second kappa shape index (κ2) is 6.95. The number of carbonyl (C=O) groups excluding carboxylic acids is 1. The van der Waals surface area contributed by atoms with Crippen molar-refractivity contribution in [3.05, 3.63) is 29.2 Å². The highest BCUT2D eigenvalue weighted by molar-refractivity contribution is 5.92. The van der Waals surface area contributed by atoms with Gasteiger partial charge in [-0.1, -0.05) is 18.0 Å². The van der Waals surface area contributed by atoms with E-state index in [-0.39, 0.29) is 18.6 Å². The van der Waals surface area contributed by atoms with Crippen LogP contribution in [0.3, 0.4) is 0 Å². The molecule has 1 aliphatic carbocycles. The van der Waals surface area contributed by atoms with Crippen molar-refractivity contribution in [1.29, 1.82) is 0 Å². The van der Waals surface area contributed by atoms with Crippen molar-refractivity contribution in [3.63, 3.8) is 0 Å². The molecule has 8 heteroatoms. The first kappa shape index (κ1) is 16.3. The summed E-state index contributed by atoms with van der Waals surface area (Å²) >= 11 is 0. The third-order valence-electron chi connectivity index (χ3n) is 4.90. The van der Waals surface area contributed by atoms with Gasteiger partial charge in [-0.05, 0) is 31.7 Å². The maximum absolute atomic E-state index is 13.1. The topological polar surface area (TPSA) is 97.1 Å². The lowest BCUT2D eigenvalue weighted by molar-refractivity contribution is 0.0664. The first-order valence-electron chi connectivity index (χ1n) is 8.94. The van der Waals surface area contributed by atoms with Crippen molar-refractivity contribution in [1.82, 2.24) is 25.2 Å². The summed E-state index contributed by atoms with van der Waals surface area (Å²) in [7, 11) is 1.58. The number of likely N-dealkylation sites (tertiary alicyclic amines) is 1. The lowest BCUT2D eigenvalue weighted by atomic mass is 10.1. The van der Waals surface area contributed by atoms with Crippen LogP contribution >= 0.6 is 0 Å². The summed E-state index contributed by atoms with van der Waals surface area (Å²) in [5.41, 5.74) is 1.55. The molecule has 1 aliphatic heterocycles. The van der Waals surface area contributed by atoms with Gasteiger partial charge in [0.05, 0.1) is 6.04 Å². The number of methoxy groups -OCH3 is 1. The second-order valence-electron chi connectivity index (χ2n) is 6.83. The highest BCUT2D eigenvalue weighted by atomic mass is 16.5. The Morgan fingerprint density at radius 2 is 2.24 bits per heavy atom. The van der Waals surface area contributed by atoms with Gasteiger partial charge < -0.3 is 14.2 Å². The molecule has 2 fully saturated rings. The van der Waals surface area contributed by atoms with Crippen molar-refractivity contribution in [2.45, 2.75) is 57.1 Å². The minimum atomic E-state index is -0.176. The van der Waals surface area contributed by atoms with Crippen molar-refractivity contribution < 1.29 is 14.1 Å². The van der Waals surface area contributed by atoms with Crippen LogP contribution in [0.25, 0.3) is 0 Å². The van der Waals surface area contributed by atoms with E-state index in [1.807, 2.05) is 11.0 Å². The summed E-state index contributed by atoms with van der Waals surface area (Å²) in [6, 6.07) is 1.72. The minimum absolute atomic E-state index is 0.0619. The molecule has 0 aromatic carbocycles. The van der Waals surface area contributed by atoms with Gasteiger partial charge in [-0.3, -0.25) is 9.89 Å². The van der Waals surface area contributed by atoms with E-state index in [2.05, 4.69) is 20.3 Å². The Morgan fingerprint density at radius 3 is 3.04 bits per heavy atom. The van der Waals surface area contributed by atoms with Gasteiger partial charge in [0.2, 0.25) is 0 Å². The molecule has 1 saturated carbocycles. The third-order valence-corrected chi connectivity index (χ3v) is 4.90. The molecule has 2 aromatic heterocycles. The molecule has 2 aromatic rings. The average molecular weight is 345 g/mol. The predicted molar refractivity (Wildman–Crippen MR) is 87.8 cm³/mol. The van der Waals surface area contributed by atoms with Crippen molar-refractivity contribution >= 4 is 5.91 Å². The first-order chi connectivity index (χ1) is 12.3. The average Bonchev–Trinajstić information content (AvgIpc) is 3.26. The lowest BCUT2D eigenvalue weighted by Crippen LogP contribution is -2.35. The first-order valence-corrected chi connectivity index (χ1v) is 8.94. The summed E-state index contributed by atoms with van der Waals surface area (Å²) in [5.74, 6) is 1.47. The minimum Gasteiger partial charge on any atom is -0.375 e. The van der Waals surface area contributed by atoms with Crippen LogP contribution in [0.1, 0.15) is 78.4 Å². The highest BCUT2D eigenvalue weighted by Crippen LogP contribution is 2.39. The molecule has 0 unspecified atom stereocenters. The predicted octanol–water partition coefficient (Wildman–Crippen LogP) is 2.57. The number of nitrogens with one attached hydrogen (secondary N) is 1. The SMILES string of the molecule is COCc1nc([C@H]2CCCCCN2C(=O)c2cc(C3CC3)[nH]n2)no1. The van der Waals surface area contributed by atoms with Crippen molar-refractivity contribution in [2.75, 3.05) is 13.7 Å². The summed E-state index contributed by atoms with van der Waals surface area (Å²) in [6.45, 7) is 0.959. The highest BCUT2D eigenvalue weighted by Gasteiger charge is 2.33. The van der Waals surface area contributed by atoms with Gasteiger partial charge in [-0.2, -0.15) is 10.1 Å². The molecule has 1 atom stereocenters. The third kappa shape index (κ3) is 3.44. The number of aromatic nitrogens is 4. The van der Waals surface area contributed by atoms with Crippen LogP contribution in [0.5, 0.6) is 0 Å². The maximum Gasteiger partial charge on any atom is 0.274 e. The quantitative estimate of drug-likeness (QED) is 0.894. The number of amides is 1. The van der Waals surface area contributed by atoms with Gasteiger partial charge in [0.15, 0.2) is 5.82 Å². The van der Waals surface area contributed by atoms with Crippen LogP contribution in [-0.4, -0.2) is 44.8 Å². The van der Waals surface area contributed by atoms with Gasteiger partial charge in [-0.25, -0.2) is 0 Å². The fraction of sp³-hybridized carbons (Fsp3) is 0.647. The zero-order valence-corrected chi connectivity index (χ0v) is 14.4. The van der Waals surface area contributed by atoms with Crippen molar-refractivity contribution in [2.24, 2.45) is 0 Å². The zero-order valence-electron chi connectivity index (χ0n) is 14.4. The Labute approximate surface area is 145 Å². The summed E-state index contributed by atoms with van der Waals surface area (Å²) in [6.07, 6.45) is 6.29. The lowest BCUT2D eigenvalue weighted by Gasteiger charge is -2.27. The smallest absolute Gasteiger partial charge is 0.274 e. The van der Waals surface area contributed by atoms with Crippen LogP contribution in [0.15, 0.2) is 10.6 Å². The van der Waals surface area contributed by atoms with E-state index in [9.17, 15) is 4.79 Å². The molecule has 2 aliphatic rings. The van der Waals surface area contributed by atoms with Gasteiger partial charge in [-0.15, -0.1) is 0 Å². The van der Waals surface area contributed by atoms with E-state index in [1.54, 1.807) is 7.11 Å². The summed E-state index contributed by atoms with van der Waals surface area (Å²) in [5, 5.41) is 11.3. The molecule has 4 rings (SSSR count). The van der Waals surface area contributed by atoms with E-state index < -0.39 is 0 Å². The Kier molecular flexibility index (Phi) is 4.52. The molecule has 1 amide bonds. The largest absolute Gasteiger partial charge is 0.375 e. The molecular weight excluding hydrogens is 322 g/mol. The molecule has 25 heavy (non-hydrogen) atoms. The number of nitrogens with zero attached hydrogens (tertiary/aromatic N) is 4. The molecule has 0 bridgehead atoms. The van der Waals surface area contributed by atoms with E-state index in [1.165, 1.54) is 12.8 Å². The van der Waals surface area contributed by atoms with E-state index in [0.29, 0.717) is 29.9 Å². The number of hydrogen-bond donors (Lipinski definition) is 1. The van der Waals surface area contributed by atoms with E-state index in [0.717, 1.165) is 31.4 Å². The van der Waals surface area contributed by atoms with Crippen LogP contribution in [0.2, 0.25) is 0 Å². The molecule has 8 nitrogen and oxygen atoms in total. The molecule has 134 valence electrons. The molecule has 1 saturated heterocycles. The van der Waals surface area contributed by atoms with Crippen LogP contribution in [0.4, 0.5) is 0 Å². The number of aromatic amines is 1. The zero-order chi connectivity index (χ0) is 17.2. The molecular formula is C17H23N5O3. The Bertz CT molecular complexity index is 736. The second-order valence-corrected chi connectivity index (χ2v) is 6.83. The number of ether oxygens (including phenoxy) is 1. The van der Waals surface area contributed by atoms with Crippen LogP contribution < -0.4 is 0 Å². The summed E-state index contributed by atoms with van der Waals surface area (Å²) in [4.78, 5) is 19.3. The van der Waals surface area contributed by atoms with Crippen LogP contribution in [-0.2, 0) is 11.3 Å². The van der Waals surface area contributed by atoms with Crippen LogP contribution in [0, 0.1) is 0 Å². The fourth-order valence-corrected chi connectivity index (χ4v) is 3.40. The van der Waals surface area contributed by atoms with Gasteiger partial charge >= 0.3 is 0 Å². The van der Waals surface area contributed by atoms with Gasteiger partial charge in [0, 0.05) is 25.3 Å². The molecule has 0 radical (unpaired) electrons. The fourth-order valence-electron chi connectivity index (χ4n) is 3.40. The number of hydrogen-bond acceptors (Lipinski definition) is 6. The standard InChI is InChI=1S/C17H23N5O3/c1-24-10-15-18-16(21-25-15)14-5-3-2-4-8-22(14)17(23)13-9-12(19-20-13)11-6-7-11/h9,11,14H,2-8,10H2,1H3,(H,19,20)/t14-/m1/s1. The van der Waals surface area contributed by atoms with E-state index in [4.69, 9.17) is 9.26 Å². The van der Waals surface area contributed by atoms with Gasteiger partial charge in [0.25, 0.3) is 11.8 Å². The number of H-pyrrole nitrogens is 1. The Hall–Kier alpha value is -2.22. The monoisotopic (exact) mass is 345 g/mol. The van der Waals surface area contributed by atoms with Crippen molar-refractivity contribution in [3.8, 4) is 0 Å².